The highest BCUT2D eigenvalue weighted by molar-refractivity contribution is 5.92. The summed E-state index contributed by atoms with van der Waals surface area (Å²) >= 11 is 0. The number of hydrogen-bond donors (Lipinski definition) is 0. The lowest BCUT2D eigenvalue weighted by molar-refractivity contribution is 0.0344. The summed E-state index contributed by atoms with van der Waals surface area (Å²) in [5, 5.41) is 4.05. The Morgan fingerprint density at radius 3 is 2.87 bits per heavy atom. The number of piperazine rings is 1. The summed E-state index contributed by atoms with van der Waals surface area (Å²) in [6, 6.07) is 12.1. The number of benzene rings is 1. The molecule has 0 bridgehead atoms. The van der Waals surface area contributed by atoms with E-state index in [1.165, 1.54) is 25.8 Å². The first-order chi connectivity index (χ1) is 11.3. The molecule has 5 nitrogen and oxygen atoms in total. The van der Waals surface area contributed by atoms with Crippen molar-refractivity contribution in [2.24, 2.45) is 0 Å². The van der Waals surface area contributed by atoms with Gasteiger partial charge in [-0.1, -0.05) is 41.9 Å². The van der Waals surface area contributed by atoms with Crippen LogP contribution in [0.15, 0.2) is 40.9 Å². The molecule has 0 saturated carbocycles. The molecule has 2 aliphatic heterocycles. The van der Waals surface area contributed by atoms with Crippen molar-refractivity contribution in [1.82, 2.24) is 15.0 Å². The van der Waals surface area contributed by atoms with Crippen molar-refractivity contribution in [2.75, 3.05) is 26.2 Å². The number of amides is 1. The molecule has 23 heavy (non-hydrogen) atoms. The molecule has 1 amide bonds. The van der Waals surface area contributed by atoms with Crippen molar-refractivity contribution >= 4 is 5.91 Å². The minimum atomic E-state index is -0.0371. The molecule has 0 aliphatic carbocycles. The number of fused-ring (bicyclic) bond motifs is 1. The smallest absolute Gasteiger partial charge is 0.292 e. The third-order valence-electron chi connectivity index (χ3n) is 4.92. The fourth-order valence-corrected chi connectivity index (χ4v) is 3.62. The van der Waals surface area contributed by atoms with E-state index in [4.69, 9.17) is 4.52 Å². The lowest BCUT2D eigenvalue weighted by Gasteiger charge is -2.43. The van der Waals surface area contributed by atoms with Gasteiger partial charge in [-0.15, -0.1) is 0 Å². The number of carbonyl (C=O) groups excluding carboxylic acids is 1. The van der Waals surface area contributed by atoms with Crippen LogP contribution in [0.25, 0.3) is 11.3 Å². The van der Waals surface area contributed by atoms with Crippen LogP contribution >= 0.6 is 0 Å². The monoisotopic (exact) mass is 311 g/mol. The zero-order chi connectivity index (χ0) is 15.6. The molecule has 0 spiro atoms. The quantitative estimate of drug-likeness (QED) is 0.855. The Bertz CT molecular complexity index is 683. The van der Waals surface area contributed by atoms with E-state index in [1.54, 1.807) is 6.07 Å². The van der Waals surface area contributed by atoms with E-state index in [-0.39, 0.29) is 5.91 Å². The molecule has 2 aromatic rings. The van der Waals surface area contributed by atoms with Crippen LogP contribution in [-0.2, 0) is 0 Å². The molecule has 0 radical (unpaired) electrons. The standard InChI is InChI=1S/C18H21N3O2/c22-18(21-11-10-20-9-5-4-8-15(20)13-21)17-12-16(19-23-17)14-6-2-1-3-7-14/h1-3,6-7,12,15H,4-5,8-11,13H2/t15-/m0/s1. The van der Waals surface area contributed by atoms with Crippen LogP contribution < -0.4 is 0 Å². The van der Waals surface area contributed by atoms with Crippen LogP contribution in [0, 0.1) is 0 Å². The second-order valence-corrected chi connectivity index (χ2v) is 6.38. The molecule has 5 heteroatoms. The second kappa shape index (κ2) is 6.16. The zero-order valence-corrected chi connectivity index (χ0v) is 13.1. The molecule has 0 N–H and O–H groups in total. The van der Waals surface area contributed by atoms with Crippen LogP contribution in [0.5, 0.6) is 0 Å². The average molecular weight is 311 g/mol. The van der Waals surface area contributed by atoms with Gasteiger partial charge >= 0.3 is 0 Å². The third-order valence-corrected chi connectivity index (χ3v) is 4.92. The Morgan fingerprint density at radius 1 is 1.13 bits per heavy atom. The number of nitrogens with zero attached hydrogens (tertiary/aromatic N) is 3. The van der Waals surface area contributed by atoms with Gasteiger partial charge in [-0.3, -0.25) is 9.69 Å². The molecule has 4 rings (SSSR count). The Hall–Kier alpha value is -2.14. The van der Waals surface area contributed by atoms with E-state index in [0.717, 1.165) is 25.2 Å². The van der Waals surface area contributed by atoms with Gasteiger partial charge in [0.25, 0.3) is 5.91 Å². The van der Waals surface area contributed by atoms with Crippen LogP contribution in [0.1, 0.15) is 29.8 Å². The van der Waals surface area contributed by atoms with E-state index in [2.05, 4.69) is 10.1 Å². The molecular weight excluding hydrogens is 290 g/mol. The van der Waals surface area contributed by atoms with Crippen LogP contribution in [-0.4, -0.2) is 53.1 Å². The second-order valence-electron chi connectivity index (χ2n) is 6.38. The summed E-state index contributed by atoms with van der Waals surface area (Å²) in [4.78, 5) is 17.1. The predicted octanol–water partition coefficient (Wildman–Crippen LogP) is 2.65. The zero-order valence-electron chi connectivity index (χ0n) is 13.1. The molecule has 1 aromatic heterocycles. The molecule has 2 aliphatic rings. The summed E-state index contributed by atoms with van der Waals surface area (Å²) in [6.45, 7) is 3.72. The number of hydrogen-bond acceptors (Lipinski definition) is 4. The Kier molecular flexibility index (Phi) is 3.87. The lowest BCUT2D eigenvalue weighted by atomic mass is 9.99. The molecule has 120 valence electrons. The summed E-state index contributed by atoms with van der Waals surface area (Å²) in [5.41, 5.74) is 1.68. The Morgan fingerprint density at radius 2 is 2.00 bits per heavy atom. The molecule has 1 atom stereocenters. The van der Waals surface area contributed by atoms with E-state index < -0.39 is 0 Å². The van der Waals surface area contributed by atoms with Gasteiger partial charge in [0.2, 0.25) is 5.76 Å². The maximum atomic E-state index is 12.7. The normalized spacial score (nSPS) is 21.9. The Balaban J connectivity index is 1.48. The van der Waals surface area contributed by atoms with Gasteiger partial charge in [-0.05, 0) is 19.4 Å². The molecule has 2 fully saturated rings. The maximum absolute atomic E-state index is 12.7. The highest BCUT2D eigenvalue weighted by Crippen LogP contribution is 2.24. The van der Waals surface area contributed by atoms with E-state index in [0.29, 0.717) is 17.5 Å². The largest absolute Gasteiger partial charge is 0.350 e. The van der Waals surface area contributed by atoms with Crippen LogP contribution in [0.2, 0.25) is 0 Å². The first kappa shape index (κ1) is 14.5. The van der Waals surface area contributed by atoms with Gasteiger partial charge in [-0.25, -0.2) is 0 Å². The fraction of sp³-hybridized carbons (Fsp3) is 0.444. The highest BCUT2D eigenvalue weighted by Gasteiger charge is 2.32. The Labute approximate surface area is 135 Å². The van der Waals surface area contributed by atoms with E-state index in [1.807, 2.05) is 35.2 Å². The van der Waals surface area contributed by atoms with Crippen LogP contribution in [0.3, 0.4) is 0 Å². The molecule has 1 aromatic carbocycles. The fourth-order valence-electron chi connectivity index (χ4n) is 3.62. The summed E-state index contributed by atoms with van der Waals surface area (Å²) in [6.07, 6.45) is 3.74. The highest BCUT2D eigenvalue weighted by atomic mass is 16.5. The number of rotatable bonds is 2. The summed E-state index contributed by atoms with van der Waals surface area (Å²) in [7, 11) is 0. The topological polar surface area (TPSA) is 49.6 Å². The van der Waals surface area contributed by atoms with Gasteiger partial charge in [0, 0.05) is 37.3 Å². The van der Waals surface area contributed by atoms with Crippen molar-refractivity contribution in [1.29, 1.82) is 0 Å². The van der Waals surface area contributed by atoms with E-state index in [9.17, 15) is 4.79 Å². The predicted molar refractivity (Wildman–Crippen MR) is 87.1 cm³/mol. The van der Waals surface area contributed by atoms with Gasteiger partial charge in [0.05, 0.1) is 0 Å². The maximum Gasteiger partial charge on any atom is 0.292 e. The SMILES string of the molecule is O=C(c1cc(-c2ccccc2)no1)N1CCN2CCCC[C@H]2C1. The van der Waals surface area contributed by atoms with Crippen LogP contribution in [0.4, 0.5) is 0 Å². The number of aromatic nitrogens is 1. The number of piperidine rings is 1. The first-order valence-electron chi connectivity index (χ1n) is 8.37. The van der Waals surface area contributed by atoms with Gasteiger partial charge in [-0.2, -0.15) is 0 Å². The van der Waals surface area contributed by atoms with Gasteiger partial charge in [0.15, 0.2) is 0 Å². The number of carbonyl (C=O) groups is 1. The molecule has 3 heterocycles. The summed E-state index contributed by atoms with van der Waals surface area (Å²) < 4.78 is 5.32. The molecular formula is C18H21N3O2. The van der Waals surface area contributed by atoms with Gasteiger partial charge < -0.3 is 9.42 Å². The first-order valence-corrected chi connectivity index (χ1v) is 8.37. The van der Waals surface area contributed by atoms with Crippen molar-refractivity contribution in [2.45, 2.75) is 25.3 Å². The van der Waals surface area contributed by atoms with Crippen molar-refractivity contribution < 1.29 is 9.32 Å². The minimum Gasteiger partial charge on any atom is -0.350 e. The minimum absolute atomic E-state index is 0.0371. The summed E-state index contributed by atoms with van der Waals surface area (Å²) in [5.74, 6) is 0.304. The lowest BCUT2D eigenvalue weighted by Crippen LogP contribution is -2.56. The molecule has 0 unspecified atom stereocenters. The van der Waals surface area contributed by atoms with Crippen molar-refractivity contribution in [3.05, 3.63) is 42.2 Å². The van der Waals surface area contributed by atoms with Crippen molar-refractivity contribution in [3.8, 4) is 11.3 Å². The molecule has 2 saturated heterocycles. The average Bonchev–Trinajstić information content (AvgIpc) is 3.11. The van der Waals surface area contributed by atoms with Gasteiger partial charge in [0.1, 0.15) is 5.69 Å². The van der Waals surface area contributed by atoms with Crippen molar-refractivity contribution in [3.63, 3.8) is 0 Å². The van der Waals surface area contributed by atoms with E-state index >= 15 is 0 Å². The third kappa shape index (κ3) is 2.88.